The highest BCUT2D eigenvalue weighted by molar-refractivity contribution is 5.72. The molecule has 0 saturated carbocycles. The topological polar surface area (TPSA) is 29.5 Å². The standard InChI is InChI=1S/C15H25NO2/c1-8-10-13(12(3)4)16(11-9-2)14(17)18-15(5,6)7/h9-10H,2-3,8,11H2,1,4-7H3. The summed E-state index contributed by atoms with van der Waals surface area (Å²) >= 11 is 0. The molecule has 3 heteroatoms. The van der Waals surface area contributed by atoms with Crippen LogP contribution in [0.2, 0.25) is 0 Å². The van der Waals surface area contributed by atoms with Crippen LogP contribution in [0.1, 0.15) is 41.0 Å². The van der Waals surface area contributed by atoms with Crippen molar-refractivity contribution >= 4 is 6.09 Å². The van der Waals surface area contributed by atoms with Gasteiger partial charge < -0.3 is 4.74 Å². The first-order valence-electron chi connectivity index (χ1n) is 6.20. The Labute approximate surface area is 111 Å². The molecule has 0 rings (SSSR count). The fourth-order valence-corrected chi connectivity index (χ4v) is 1.43. The molecule has 0 N–H and O–H groups in total. The van der Waals surface area contributed by atoms with E-state index in [1.165, 1.54) is 0 Å². The monoisotopic (exact) mass is 251 g/mol. The van der Waals surface area contributed by atoms with E-state index in [9.17, 15) is 4.79 Å². The maximum atomic E-state index is 12.1. The molecule has 0 bridgehead atoms. The Kier molecular flexibility index (Phi) is 6.45. The van der Waals surface area contributed by atoms with Crippen molar-refractivity contribution in [2.75, 3.05) is 6.54 Å². The zero-order chi connectivity index (χ0) is 14.3. The molecule has 0 atom stereocenters. The van der Waals surface area contributed by atoms with Gasteiger partial charge in [0.15, 0.2) is 0 Å². The fraction of sp³-hybridized carbons (Fsp3) is 0.533. The Morgan fingerprint density at radius 3 is 2.28 bits per heavy atom. The molecule has 0 fully saturated rings. The van der Waals surface area contributed by atoms with Crippen LogP contribution in [0.5, 0.6) is 0 Å². The van der Waals surface area contributed by atoms with Crippen molar-refractivity contribution in [1.29, 1.82) is 0 Å². The Morgan fingerprint density at radius 2 is 1.94 bits per heavy atom. The zero-order valence-corrected chi connectivity index (χ0v) is 12.2. The van der Waals surface area contributed by atoms with Gasteiger partial charge in [-0.3, -0.25) is 4.90 Å². The molecule has 0 aromatic carbocycles. The first-order chi connectivity index (χ1) is 8.22. The predicted octanol–water partition coefficient (Wildman–Crippen LogP) is 4.28. The smallest absolute Gasteiger partial charge is 0.415 e. The number of rotatable bonds is 5. The zero-order valence-electron chi connectivity index (χ0n) is 12.2. The predicted molar refractivity (Wildman–Crippen MR) is 76.3 cm³/mol. The highest BCUT2D eigenvalue weighted by atomic mass is 16.6. The van der Waals surface area contributed by atoms with Gasteiger partial charge in [-0.2, -0.15) is 0 Å². The van der Waals surface area contributed by atoms with Crippen LogP contribution in [0.3, 0.4) is 0 Å². The van der Waals surface area contributed by atoms with Gasteiger partial charge >= 0.3 is 6.09 Å². The summed E-state index contributed by atoms with van der Waals surface area (Å²) in [6.45, 7) is 17.4. The van der Waals surface area contributed by atoms with Crippen molar-refractivity contribution in [3.63, 3.8) is 0 Å². The highest BCUT2D eigenvalue weighted by Crippen LogP contribution is 2.18. The summed E-state index contributed by atoms with van der Waals surface area (Å²) in [7, 11) is 0. The van der Waals surface area contributed by atoms with Crippen molar-refractivity contribution in [3.8, 4) is 0 Å². The number of hydrogen-bond donors (Lipinski definition) is 0. The van der Waals surface area contributed by atoms with E-state index >= 15 is 0 Å². The molecule has 1 amide bonds. The van der Waals surface area contributed by atoms with Crippen LogP contribution in [-0.4, -0.2) is 23.1 Å². The third-order valence-electron chi connectivity index (χ3n) is 2.05. The summed E-state index contributed by atoms with van der Waals surface area (Å²) in [5, 5.41) is 0. The van der Waals surface area contributed by atoms with E-state index in [1.807, 2.05) is 40.7 Å². The molecule has 0 radical (unpaired) electrons. The van der Waals surface area contributed by atoms with Crippen molar-refractivity contribution in [2.24, 2.45) is 0 Å². The summed E-state index contributed by atoms with van der Waals surface area (Å²) in [6, 6.07) is 0. The third-order valence-corrected chi connectivity index (χ3v) is 2.05. The minimum Gasteiger partial charge on any atom is -0.443 e. The van der Waals surface area contributed by atoms with E-state index < -0.39 is 5.60 Å². The van der Waals surface area contributed by atoms with Gasteiger partial charge in [-0.25, -0.2) is 4.79 Å². The van der Waals surface area contributed by atoms with Crippen LogP contribution in [0.4, 0.5) is 4.79 Å². The molecule has 0 aliphatic carbocycles. The number of allylic oxidation sites excluding steroid dienone is 2. The van der Waals surface area contributed by atoms with Gasteiger partial charge in [0.05, 0.1) is 0 Å². The number of amides is 1. The second-order valence-corrected chi connectivity index (χ2v) is 5.16. The molecule has 0 aliphatic heterocycles. The Morgan fingerprint density at radius 1 is 1.39 bits per heavy atom. The summed E-state index contributed by atoms with van der Waals surface area (Å²) in [4.78, 5) is 13.7. The normalized spacial score (nSPS) is 11.9. The molecule has 0 heterocycles. The van der Waals surface area contributed by atoms with E-state index in [4.69, 9.17) is 4.74 Å². The SMILES string of the molecule is C=CCN(C(=O)OC(C)(C)C)C(=CCC)C(=C)C. The molecule has 0 unspecified atom stereocenters. The van der Waals surface area contributed by atoms with Crippen molar-refractivity contribution < 1.29 is 9.53 Å². The van der Waals surface area contributed by atoms with Crippen LogP contribution < -0.4 is 0 Å². The molecule has 18 heavy (non-hydrogen) atoms. The van der Waals surface area contributed by atoms with Crippen molar-refractivity contribution in [3.05, 3.63) is 36.6 Å². The molecule has 0 aromatic heterocycles. The van der Waals surface area contributed by atoms with Gasteiger partial charge in [0.1, 0.15) is 5.60 Å². The van der Waals surface area contributed by atoms with Crippen LogP contribution in [-0.2, 0) is 4.74 Å². The number of carbonyl (C=O) groups is 1. The van der Waals surface area contributed by atoms with E-state index in [1.54, 1.807) is 11.0 Å². The van der Waals surface area contributed by atoms with Gasteiger partial charge in [0.2, 0.25) is 0 Å². The lowest BCUT2D eigenvalue weighted by molar-refractivity contribution is 0.0335. The molecule has 0 aliphatic rings. The minimum absolute atomic E-state index is 0.370. The average molecular weight is 251 g/mol. The van der Waals surface area contributed by atoms with Gasteiger partial charge in [0.25, 0.3) is 0 Å². The average Bonchev–Trinajstić information content (AvgIpc) is 2.20. The van der Waals surface area contributed by atoms with Crippen LogP contribution in [0.25, 0.3) is 0 Å². The number of ether oxygens (including phenoxy) is 1. The van der Waals surface area contributed by atoms with Crippen LogP contribution in [0, 0.1) is 0 Å². The fourth-order valence-electron chi connectivity index (χ4n) is 1.43. The van der Waals surface area contributed by atoms with Gasteiger partial charge in [0, 0.05) is 12.2 Å². The summed E-state index contributed by atoms with van der Waals surface area (Å²) in [5.41, 5.74) is 1.12. The van der Waals surface area contributed by atoms with Gasteiger partial charge in [-0.1, -0.05) is 25.7 Å². The maximum Gasteiger partial charge on any atom is 0.415 e. The Balaban J connectivity index is 5.16. The summed E-state index contributed by atoms with van der Waals surface area (Å²) in [6.07, 6.45) is 4.11. The summed E-state index contributed by atoms with van der Waals surface area (Å²) in [5.74, 6) is 0. The lowest BCUT2D eigenvalue weighted by atomic mass is 10.2. The van der Waals surface area contributed by atoms with E-state index in [0.29, 0.717) is 6.54 Å². The van der Waals surface area contributed by atoms with Gasteiger partial charge in [-0.15, -0.1) is 6.58 Å². The molecule has 0 spiro atoms. The molecule has 3 nitrogen and oxygen atoms in total. The highest BCUT2D eigenvalue weighted by Gasteiger charge is 2.23. The largest absolute Gasteiger partial charge is 0.443 e. The Hall–Kier alpha value is -1.51. The first kappa shape index (κ1) is 16.5. The molecule has 102 valence electrons. The van der Waals surface area contributed by atoms with E-state index in [0.717, 1.165) is 17.7 Å². The second kappa shape index (κ2) is 7.04. The molecular weight excluding hydrogens is 226 g/mol. The molecule has 0 saturated heterocycles. The lowest BCUT2D eigenvalue weighted by Crippen LogP contribution is -2.36. The lowest BCUT2D eigenvalue weighted by Gasteiger charge is -2.28. The Bertz CT molecular complexity index is 348. The van der Waals surface area contributed by atoms with Crippen LogP contribution in [0.15, 0.2) is 36.6 Å². The second-order valence-electron chi connectivity index (χ2n) is 5.16. The van der Waals surface area contributed by atoms with Crippen molar-refractivity contribution in [1.82, 2.24) is 4.90 Å². The maximum absolute atomic E-state index is 12.1. The van der Waals surface area contributed by atoms with Crippen molar-refractivity contribution in [2.45, 2.75) is 46.6 Å². The number of hydrogen-bond acceptors (Lipinski definition) is 2. The van der Waals surface area contributed by atoms with E-state index in [-0.39, 0.29) is 6.09 Å². The first-order valence-corrected chi connectivity index (χ1v) is 6.20. The summed E-state index contributed by atoms with van der Waals surface area (Å²) < 4.78 is 5.39. The number of nitrogens with zero attached hydrogens (tertiary/aromatic N) is 1. The third kappa shape index (κ3) is 5.71. The minimum atomic E-state index is -0.511. The molecule has 0 aromatic rings. The van der Waals surface area contributed by atoms with Crippen LogP contribution >= 0.6 is 0 Å². The quantitative estimate of drug-likeness (QED) is 0.539. The molecular formula is C15H25NO2. The van der Waals surface area contributed by atoms with Gasteiger partial charge in [-0.05, 0) is 39.7 Å². The number of carbonyl (C=O) groups excluding carboxylic acids is 1. The van der Waals surface area contributed by atoms with E-state index in [2.05, 4.69) is 13.2 Å².